The Labute approximate surface area is 175 Å². The number of carboxylic acids is 1. The molecule has 0 bridgehead atoms. The van der Waals surface area contributed by atoms with Crippen molar-refractivity contribution in [3.05, 3.63) is 47.2 Å². The lowest BCUT2D eigenvalue weighted by atomic mass is 9.91. The Balaban J connectivity index is 1.51. The molecule has 2 aromatic rings. The van der Waals surface area contributed by atoms with E-state index in [1.54, 1.807) is 6.92 Å². The van der Waals surface area contributed by atoms with E-state index in [-0.39, 0.29) is 12.8 Å². The Bertz CT molecular complexity index is 859. The molecule has 1 aliphatic heterocycles. The second kappa shape index (κ2) is 9.91. The molecule has 2 N–H and O–H groups in total. The Morgan fingerprint density at radius 2 is 2.10 bits per heavy atom. The van der Waals surface area contributed by atoms with Gasteiger partial charge in [0.15, 0.2) is 0 Å². The fourth-order valence-corrected chi connectivity index (χ4v) is 3.77. The zero-order valence-electron chi connectivity index (χ0n) is 17.2. The van der Waals surface area contributed by atoms with Gasteiger partial charge in [-0.3, -0.25) is 14.8 Å². The average Bonchev–Trinajstić information content (AvgIpc) is 2.71. The summed E-state index contributed by atoms with van der Waals surface area (Å²) in [6, 6.07) is 4.04. The summed E-state index contributed by atoms with van der Waals surface area (Å²) in [5.74, 6) is -4.03. The summed E-state index contributed by atoms with van der Waals surface area (Å²) in [6.07, 6.45) is 5.37. The fourth-order valence-electron chi connectivity index (χ4n) is 3.77. The van der Waals surface area contributed by atoms with Crippen molar-refractivity contribution < 1.29 is 18.7 Å². The Kier molecular flexibility index (Phi) is 7.29. The van der Waals surface area contributed by atoms with E-state index in [0.717, 1.165) is 30.9 Å². The first-order chi connectivity index (χ1) is 14.3. The minimum Gasteiger partial charge on any atom is -0.481 e. The number of aliphatic carboxylic acids is 1. The molecule has 0 saturated heterocycles. The van der Waals surface area contributed by atoms with E-state index in [1.807, 2.05) is 6.07 Å². The molecule has 0 unspecified atom stereocenters. The number of aromatic nitrogens is 3. The molecule has 162 valence electrons. The van der Waals surface area contributed by atoms with E-state index in [2.05, 4.69) is 26.3 Å². The van der Waals surface area contributed by atoms with Crippen molar-refractivity contribution in [2.45, 2.75) is 70.1 Å². The van der Waals surface area contributed by atoms with Gasteiger partial charge in [0.25, 0.3) is 0 Å². The maximum absolute atomic E-state index is 14.6. The van der Waals surface area contributed by atoms with Crippen molar-refractivity contribution in [2.75, 3.05) is 11.9 Å². The number of nitrogens with one attached hydrogen (secondary N) is 1. The topological polar surface area (TPSA) is 88.0 Å². The molecule has 3 heterocycles. The molecule has 3 rings (SSSR count). The fraction of sp³-hybridized carbons (Fsp3) is 0.545. The van der Waals surface area contributed by atoms with E-state index >= 15 is 0 Å². The van der Waals surface area contributed by atoms with Gasteiger partial charge in [0.05, 0.1) is 17.8 Å². The number of anilines is 1. The van der Waals surface area contributed by atoms with Crippen LogP contribution in [0.3, 0.4) is 0 Å². The summed E-state index contributed by atoms with van der Waals surface area (Å²) in [5.41, 5.74) is 3.07. The molecule has 0 saturated carbocycles. The molecule has 0 radical (unpaired) electrons. The van der Waals surface area contributed by atoms with Crippen LogP contribution in [-0.2, 0) is 17.6 Å². The lowest BCUT2D eigenvalue weighted by Gasteiger charge is -2.22. The van der Waals surface area contributed by atoms with Crippen LogP contribution in [0, 0.1) is 6.92 Å². The highest BCUT2D eigenvalue weighted by atomic mass is 19.3. The van der Waals surface area contributed by atoms with Gasteiger partial charge < -0.3 is 10.4 Å². The van der Waals surface area contributed by atoms with Crippen LogP contribution in [0.25, 0.3) is 0 Å². The van der Waals surface area contributed by atoms with Crippen molar-refractivity contribution in [1.82, 2.24) is 15.0 Å². The van der Waals surface area contributed by atoms with Gasteiger partial charge >= 0.3 is 5.97 Å². The molecular weight excluding hydrogens is 390 g/mol. The zero-order valence-corrected chi connectivity index (χ0v) is 17.2. The molecule has 8 heteroatoms. The van der Waals surface area contributed by atoms with Crippen LogP contribution in [0.15, 0.2) is 24.5 Å². The molecule has 0 spiro atoms. The van der Waals surface area contributed by atoms with Crippen LogP contribution in [0.1, 0.15) is 67.1 Å². The highest BCUT2D eigenvalue weighted by Crippen LogP contribution is 2.35. The zero-order chi connectivity index (χ0) is 21.6. The molecule has 0 fully saturated rings. The number of halogens is 2. The number of pyridine rings is 1. The first-order valence-corrected chi connectivity index (χ1v) is 10.4. The SMILES string of the molecule is Cc1cnc([C@@H](CC(=O)O)CC(F)(F)CCCCc2ccc3c(n2)NCCC3)cn1. The average molecular weight is 418 g/mol. The molecule has 1 aliphatic rings. The van der Waals surface area contributed by atoms with Crippen molar-refractivity contribution in [3.8, 4) is 0 Å². The molecule has 0 amide bonds. The first-order valence-electron chi connectivity index (χ1n) is 10.4. The van der Waals surface area contributed by atoms with Gasteiger partial charge in [-0.15, -0.1) is 0 Å². The Morgan fingerprint density at radius 1 is 1.27 bits per heavy atom. The summed E-state index contributed by atoms with van der Waals surface area (Å²) < 4.78 is 29.1. The Morgan fingerprint density at radius 3 is 2.83 bits per heavy atom. The monoisotopic (exact) mass is 418 g/mol. The largest absolute Gasteiger partial charge is 0.481 e. The number of hydrogen-bond acceptors (Lipinski definition) is 5. The number of alkyl halides is 2. The van der Waals surface area contributed by atoms with Crippen LogP contribution in [0.2, 0.25) is 0 Å². The van der Waals surface area contributed by atoms with Crippen LogP contribution in [0.5, 0.6) is 0 Å². The second-order valence-electron chi connectivity index (χ2n) is 7.99. The molecule has 30 heavy (non-hydrogen) atoms. The van der Waals surface area contributed by atoms with Crippen molar-refractivity contribution >= 4 is 11.8 Å². The first kappa shape index (κ1) is 22.1. The summed E-state index contributed by atoms with van der Waals surface area (Å²) in [5, 5.41) is 12.4. The lowest BCUT2D eigenvalue weighted by Crippen LogP contribution is -2.22. The van der Waals surface area contributed by atoms with Crippen molar-refractivity contribution in [3.63, 3.8) is 0 Å². The van der Waals surface area contributed by atoms with E-state index in [1.165, 1.54) is 18.0 Å². The summed E-state index contributed by atoms with van der Waals surface area (Å²) >= 11 is 0. The van der Waals surface area contributed by atoms with Gasteiger partial charge in [0, 0.05) is 43.4 Å². The maximum atomic E-state index is 14.6. The smallest absolute Gasteiger partial charge is 0.304 e. The number of fused-ring (bicyclic) bond motifs is 1. The van der Waals surface area contributed by atoms with Gasteiger partial charge in [0.1, 0.15) is 5.82 Å². The van der Waals surface area contributed by atoms with Crippen LogP contribution in [0.4, 0.5) is 14.6 Å². The normalized spacial score (nSPS) is 14.6. The van der Waals surface area contributed by atoms with Crippen LogP contribution >= 0.6 is 0 Å². The summed E-state index contributed by atoms with van der Waals surface area (Å²) in [6.45, 7) is 2.66. The van der Waals surface area contributed by atoms with Crippen molar-refractivity contribution in [1.29, 1.82) is 0 Å². The number of unbranched alkanes of at least 4 members (excludes halogenated alkanes) is 1. The third-order valence-electron chi connectivity index (χ3n) is 5.36. The number of carboxylic acid groups (broad SMARTS) is 1. The van der Waals surface area contributed by atoms with E-state index in [0.29, 0.717) is 30.7 Å². The van der Waals surface area contributed by atoms with E-state index < -0.39 is 24.2 Å². The van der Waals surface area contributed by atoms with Gasteiger partial charge in [0.2, 0.25) is 5.92 Å². The molecular formula is C22H28F2N4O2. The van der Waals surface area contributed by atoms with Gasteiger partial charge in [-0.1, -0.05) is 6.07 Å². The number of nitrogens with zero attached hydrogens (tertiary/aromatic N) is 3. The standard InChI is InChI=1S/C22H28F2N4O2/c1-15-13-27-19(14-26-15)17(11-20(29)30)12-22(23,24)9-3-2-6-18-8-7-16-5-4-10-25-21(16)28-18/h7-8,13-14,17H,2-6,9-12H2,1H3,(H,25,28)(H,29,30)/t17-/m0/s1. The van der Waals surface area contributed by atoms with Gasteiger partial charge in [-0.2, -0.15) is 0 Å². The number of rotatable bonds is 10. The molecule has 2 aromatic heterocycles. The molecule has 0 aromatic carbocycles. The van der Waals surface area contributed by atoms with Gasteiger partial charge in [-0.25, -0.2) is 13.8 Å². The number of hydrogen-bond donors (Lipinski definition) is 2. The van der Waals surface area contributed by atoms with E-state index in [9.17, 15) is 13.6 Å². The quantitative estimate of drug-likeness (QED) is 0.551. The lowest BCUT2D eigenvalue weighted by molar-refractivity contribution is -0.138. The van der Waals surface area contributed by atoms with E-state index in [4.69, 9.17) is 5.11 Å². The number of aryl methyl sites for hydroxylation is 3. The molecule has 1 atom stereocenters. The Hall–Kier alpha value is -2.64. The second-order valence-corrected chi connectivity index (χ2v) is 7.99. The van der Waals surface area contributed by atoms with Crippen LogP contribution < -0.4 is 5.32 Å². The number of carbonyl (C=O) groups is 1. The predicted octanol–water partition coefficient (Wildman–Crippen LogP) is 4.53. The minimum absolute atomic E-state index is 0.286. The highest BCUT2D eigenvalue weighted by molar-refractivity contribution is 5.67. The summed E-state index contributed by atoms with van der Waals surface area (Å²) in [4.78, 5) is 23.9. The molecule has 6 nitrogen and oxygen atoms in total. The third-order valence-corrected chi connectivity index (χ3v) is 5.36. The van der Waals surface area contributed by atoms with Crippen molar-refractivity contribution in [2.24, 2.45) is 0 Å². The van der Waals surface area contributed by atoms with Crippen LogP contribution in [-0.4, -0.2) is 38.5 Å². The minimum atomic E-state index is -2.96. The molecule has 0 aliphatic carbocycles. The third kappa shape index (κ3) is 6.43. The predicted molar refractivity (Wildman–Crippen MR) is 110 cm³/mol. The van der Waals surface area contributed by atoms with Gasteiger partial charge in [-0.05, 0) is 50.7 Å². The summed E-state index contributed by atoms with van der Waals surface area (Å²) in [7, 11) is 0. The maximum Gasteiger partial charge on any atom is 0.304 e. The highest BCUT2D eigenvalue weighted by Gasteiger charge is 2.34.